The van der Waals surface area contributed by atoms with E-state index in [1.165, 1.54) is 4.90 Å². The van der Waals surface area contributed by atoms with Gasteiger partial charge >= 0.3 is 6.18 Å². The van der Waals surface area contributed by atoms with Crippen LogP contribution in [0.1, 0.15) is 70.3 Å². The van der Waals surface area contributed by atoms with E-state index in [1.54, 1.807) is 0 Å². The molecule has 1 saturated heterocycles. The second kappa shape index (κ2) is 12.6. The number of hydrogen-bond donors (Lipinski definition) is 3. The molecule has 14 heteroatoms. The van der Waals surface area contributed by atoms with Gasteiger partial charge in [-0.05, 0) is 63.1 Å². The van der Waals surface area contributed by atoms with Crippen molar-refractivity contribution < 1.29 is 40.4 Å². The van der Waals surface area contributed by atoms with Crippen LogP contribution in [0.5, 0.6) is 0 Å². The summed E-state index contributed by atoms with van der Waals surface area (Å²) >= 11 is 0. The lowest BCUT2D eigenvalue weighted by atomic mass is 10.1. The van der Waals surface area contributed by atoms with Crippen molar-refractivity contribution in [1.29, 1.82) is 0 Å². The zero-order valence-corrected chi connectivity index (χ0v) is 24.1. The lowest BCUT2D eigenvalue weighted by Crippen LogP contribution is -2.57. The highest BCUT2D eigenvalue weighted by atomic mass is 32.2. The van der Waals surface area contributed by atoms with Gasteiger partial charge in [0.15, 0.2) is 0 Å². The maximum absolute atomic E-state index is 13.7. The lowest BCUT2D eigenvalue weighted by molar-refractivity contribution is -0.138. The van der Waals surface area contributed by atoms with Gasteiger partial charge in [0.25, 0.3) is 5.91 Å². The van der Waals surface area contributed by atoms with E-state index in [9.17, 15) is 40.4 Å². The summed E-state index contributed by atoms with van der Waals surface area (Å²) < 4.78 is 79.9. The van der Waals surface area contributed by atoms with Gasteiger partial charge in [-0.25, -0.2) is 12.8 Å². The van der Waals surface area contributed by atoms with Crippen LogP contribution in [0.25, 0.3) is 0 Å². The van der Waals surface area contributed by atoms with Crippen LogP contribution in [-0.4, -0.2) is 61.0 Å². The molecule has 1 heterocycles. The maximum atomic E-state index is 13.7. The zero-order valence-electron chi connectivity index (χ0n) is 23.3. The van der Waals surface area contributed by atoms with Gasteiger partial charge in [0.2, 0.25) is 21.8 Å². The van der Waals surface area contributed by atoms with Crippen molar-refractivity contribution in [3.63, 3.8) is 0 Å². The predicted molar refractivity (Wildman–Crippen MR) is 147 cm³/mol. The average molecular weight is 617 g/mol. The first-order valence-corrected chi connectivity index (χ1v) is 15.8. The molecule has 0 unspecified atom stereocenters. The minimum atomic E-state index is -4.77. The molecule has 3 atom stereocenters. The normalized spacial score (nSPS) is 24.1. The number of anilines is 1. The van der Waals surface area contributed by atoms with Crippen LogP contribution < -0.4 is 15.4 Å². The van der Waals surface area contributed by atoms with E-state index in [4.69, 9.17) is 0 Å². The molecule has 4 rings (SSSR count). The summed E-state index contributed by atoms with van der Waals surface area (Å²) in [6.07, 6.45) is 4.67. The first-order chi connectivity index (χ1) is 19.8. The Hall–Kier alpha value is -3.16. The molecule has 0 aromatic heterocycles. The summed E-state index contributed by atoms with van der Waals surface area (Å²) in [7, 11) is -3.86. The summed E-state index contributed by atoms with van der Waals surface area (Å²) in [6.45, 7) is 1.79. The lowest BCUT2D eigenvalue weighted by Gasteiger charge is -2.27. The van der Waals surface area contributed by atoms with Gasteiger partial charge < -0.3 is 15.5 Å². The largest absolute Gasteiger partial charge is 0.416 e. The highest BCUT2D eigenvalue weighted by Gasteiger charge is 2.61. The number of nitrogens with zero attached hydrogens (tertiary/aromatic N) is 1. The Bertz CT molecular complexity index is 1330. The molecule has 0 spiro atoms. The van der Waals surface area contributed by atoms with Crippen LogP contribution in [0.4, 0.5) is 23.2 Å². The van der Waals surface area contributed by atoms with E-state index < -0.39 is 74.6 Å². The Morgan fingerprint density at radius 2 is 1.86 bits per heavy atom. The Morgan fingerprint density at radius 3 is 2.52 bits per heavy atom. The average Bonchev–Trinajstić information content (AvgIpc) is 3.83. The number of likely N-dealkylation sites (tertiary alicyclic amines) is 1. The third kappa shape index (κ3) is 7.61. The Balaban J connectivity index is 1.42. The second-order valence-electron chi connectivity index (χ2n) is 11.2. The molecule has 1 aromatic carbocycles. The van der Waals surface area contributed by atoms with Crippen LogP contribution in [0.15, 0.2) is 30.4 Å². The fourth-order valence-corrected chi connectivity index (χ4v) is 6.58. The summed E-state index contributed by atoms with van der Waals surface area (Å²) in [5, 5.41) is 4.60. The third-order valence-corrected chi connectivity index (χ3v) is 9.67. The number of benzene rings is 1. The first kappa shape index (κ1) is 31.8. The Kier molecular flexibility index (Phi) is 9.53. The smallest absolute Gasteiger partial charge is 0.376 e. The molecule has 1 aromatic rings. The van der Waals surface area contributed by atoms with Crippen molar-refractivity contribution in [2.75, 3.05) is 18.4 Å². The van der Waals surface area contributed by atoms with Crippen LogP contribution in [0, 0.1) is 11.7 Å². The molecule has 42 heavy (non-hydrogen) atoms. The summed E-state index contributed by atoms with van der Waals surface area (Å²) in [4.78, 5) is 40.9. The zero-order chi connectivity index (χ0) is 30.7. The molecule has 3 fully saturated rings. The molecular formula is C28H36F4N4O5S. The Labute approximate surface area is 242 Å². The van der Waals surface area contributed by atoms with Crippen LogP contribution in [-0.2, 0) is 30.6 Å². The quantitative estimate of drug-likeness (QED) is 0.176. The molecule has 3 N–H and O–H groups in total. The van der Waals surface area contributed by atoms with Gasteiger partial charge in [0, 0.05) is 18.2 Å². The molecule has 3 amide bonds. The van der Waals surface area contributed by atoms with Crippen molar-refractivity contribution >= 4 is 33.4 Å². The highest BCUT2D eigenvalue weighted by Crippen LogP contribution is 2.46. The molecule has 232 valence electrons. The molecule has 3 aliphatic rings. The number of sulfonamides is 1. The standard InChI is InChI=1S/C28H36F4N4O5S/c1-2-3-4-5-6-8-18-16-27(18,26(39)35-42(40,41)22-10-11-22)34-25(38)23-9-7-12-36(23)24(37)17-33-21-14-19(28(30,31)32)13-20(29)15-21/h6,8,13-15,18,22-23,33H,2-5,7,9-12,16-17H2,1H3,(H,34,38)(H,35,39)/b8-6-/t18-,23+,27-/m1/s1. The molecule has 0 radical (unpaired) electrons. The summed E-state index contributed by atoms with van der Waals surface area (Å²) in [5.41, 5.74) is -2.91. The minimum Gasteiger partial charge on any atom is -0.376 e. The van der Waals surface area contributed by atoms with E-state index >= 15 is 0 Å². The first-order valence-electron chi connectivity index (χ1n) is 14.2. The van der Waals surface area contributed by atoms with Crippen molar-refractivity contribution in [3.8, 4) is 0 Å². The van der Waals surface area contributed by atoms with E-state index in [2.05, 4.69) is 22.3 Å². The summed E-state index contributed by atoms with van der Waals surface area (Å²) in [6, 6.07) is 0.905. The topological polar surface area (TPSA) is 125 Å². The van der Waals surface area contributed by atoms with Crippen molar-refractivity contribution in [1.82, 2.24) is 14.9 Å². The number of amides is 3. The number of carbonyl (C=O) groups is 3. The SMILES string of the molecule is CCCCC/C=C\[C@@H]1C[C@]1(NC(=O)[C@@H]1CCCN1C(=O)CNc1cc(F)cc(C(F)(F)F)c1)C(=O)NS(=O)(=O)C1CC1. The summed E-state index contributed by atoms with van der Waals surface area (Å²) in [5.74, 6) is -3.56. The van der Waals surface area contributed by atoms with Crippen molar-refractivity contribution in [3.05, 3.63) is 41.7 Å². The molecule has 9 nitrogen and oxygen atoms in total. The van der Waals surface area contributed by atoms with E-state index in [1.807, 2.05) is 12.2 Å². The van der Waals surface area contributed by atoms with E-state index in [0.29, 0.717) is 31.4 Å². The molecule has 0 bridgehead atoms. The maximum Gasteiger partial charge on any atom is 0.416 e. The van der Waals surface area contributed by atoms with Crippen molar-refractivity contribution in [2.45, 2.75) is 87.7 Å². The number of rotatable bonds is 13. The van der Waals surface area contributed by atoms with Crippen LogP contribution in [0.2, 0.25) is 0 Å². The molecular weight excluding hydrogens is 580 g/mol. The molecule has 2 saturated carbocycles. The second-order valence-corrected chi connectivity index (χ2v) is 13.2. The van der Waals surface area contributed by atoms with E-state index in [0.717, 1.165) is 31.7 Å². The fourth-order valence-electron chi connectivity index (χ4n) is 5.21. The van der Waals surface area contributed by atoms with Crippen molar-refractivity contribution in [2.24, 2.45) is 5.92 Å². The van der Waals surface area contributed by atoms with Gasteiger partial charge in [0.05, 0.1) is 17.4 Å². The van der Waals surface area contributed by atoms with Gasteiger partial charge in [-0.3, -0.25) is 19.1 Å². The number of unbranched alkanes of at least 4 members (excludes halogenated alkanes) is 3. The number of carbonyl (C=O) groups excluding carboxylic acids is 3. The highest BCUT2D eigenvalue weighted by molar-refractivity contribution is 7.91. The Morgan fingerprint density at radius 1 is 1.12 bits per heavy atom. The number of nitrogens with one attached hydrogen (secondary N) is 3. The van der Waals surface area contributed by atoms with Crippen LogP contribution >= 0.6 is 0 Å². The van der Waals surface area contributed by atoms with E-state index in [-0.39, 0.29) is 25.1 Å². The number of alkyl halides is 3. The predicted octanol–water partition coefficient (Wildman–Crippen LogP) is 3.87. The third-order valence-electron chi connectivity index (χ3n) is 7.85. The van der Waals surface area contributed by atoms with Gasteiger partial charge in [-0.15, -0.1) is 0 Å². The van der Waals surface area contributed by atoms with Gasteiger partial charge in [-0.2, -0.15) is 13.2 Å². The molecule has 1 aliphatic heterocycles. The fraction of sp³-hybridized carbons (Fsp3) is 0.607. The van der Waals surface area contributed by atoms with Gasteiger partial charge in [-0.1, -0.05) is 31.9 Å². The monoisotopic (exact) mass is 616 g/mol. The molecule has 2 aliphatic carbocycles. The minimum absolute atomic E-state index is 0.200. The number of halogens is 4. The number of allylic oxidation sites excluding steroid dienone is 1. The van der Waals surface area contributed by atoms with Crippen LogP contribution in [0.3, 0.4) is 0 Å². The van der Waals surface area contributed by atoms with Gasteiger partial charge in [0.1, 0.15) is 17.4 Å². The number of hydrogen-bond acceptors (Lipinski definition) is 6.